The maximum Gasteiger partial charge on any atom is 0.419 e. The molecule has 0 saturated heterocycles. The number of nitrogens with zero attached hydrogens (tertiary/aromatic N) is 3. The van der Waals surface area contributed by atoms with Crippen LogP contribution in [0, 0.1) is 18.2 Å². The molecule has 4 rings (SSSR count). The van der Waals surface area contributed by atoms with E-state index in [4.69, 9.17) is 9.47 Å². The lowest BCUT2D eigenvalue weighted by Gasteiger charge is -2.28. The lowest BCUT2D eigenvalue weighted by atomic mass is 10.00. The molecule has 0 amide bonds. The van der Waals surface area contributed by atoms with Gasteiger partial charge < -0.3 is 19.7 Å². The zero-order valence-corrected chi connectivity index (χ0v) is 21.8. The van der Waals surface area contributed by atoms with E-state index in [1.807, 2.05) is 21.0 Å². The number of halogens is 4. The number of hydrogen-bond donors (Lipinski definition) is 1. The summed E-state index contributed by atoms with van der Waals surface area (Å²) in [6, 6.07) is 5.97. The zero-order valence-electron chi connectivity index (χ0n) is 21.8. The monoisotopic (exact) mass is 520 g/mol. The maximum absolute atomic E-state index is 14.8. The van der Waals surface area contributed by atoms with Crippen LogP contribution in [0.25, 0.3) is 10.9 Å². The Kier molecular flexibility index (Phi) is 7.25. The number of rotatable bonds is 9. The first-order chi connectivity index (χ1) is 17.3. The van der Waals surface area contributed by atoms with Crippen molar-refractivity contribution in [3.05, 3.63) is 53.1 Å². The summed E-state index contributed by atoms with van der Waals surface area (Å²) in [6.45, 7) is 6.24. The molecule has 1 aliphatic rings. The van der Waals surface area contributed by atoms with Gasteiger partial charge in [-0.1, -0.05) is 12.1 Å². The summed E-state index contributed by atoms with van der Waals surface area (Å²) in [6.07, 6.45) is -2.74. The molecule has 0 aliphatic heterocycles. The summed E-state index contributed by atoms with van der Waals surface area (Å²) in [5, 5.41) is 3.67. The van der Waals surface area contributed by atoms with Crippen molar-refractivity contribution < 1.29 is 27.0 Å². The van der Waals surface area contributed by atoms with Crippen LogP contribution in [0.1, 0.15) is 49.7 Å². The van der Waals surface area contributed by atoms with Crippen LogP contribution in [0.4, 0.5) is 23.4 Å². The van der Waals surface area contributed by atoms with Crippen molar-refractivity contribution in [2.24, 2.45) is 5.41 Å². The molecule has 3 aromatic rings. The molecule has 1 fully saturated rings. The number of fused-ring (bicyclic) bond motifs is 1. The molecule has 2 aromatic carbocycles. The van der Waals surface area contributed by atoms with Crippen molar-refractivity contribution in [1.29, 1.82) is 0 Å². The Morgan fingerprint density at radius 3 is 2.41 bits per heavy atom. The second-order valence-electron chi connectivity index (χ2n) is 10.1. The third kappa shape index (κ3) is 5.58. The number of methoxy groups -OCH3 is 1. The van der Waals surface area contributed by atoms with E-state index in [1.54, 1.807) is 33.1 Å². The van der Waals surface area contributed by atoms with Crippen molar-refractivity contribution in [3.8, 4) is 11.5 Å². The average molecular weight is 521 g/mol. The Hall–Kier alpha value is -3.14. The molecular formula is C27H32F4N4O2. The number of ether oxygens (including phenoxy) is 2. The van der Waals surface area contributed by atoms with Gasteiger partial charge in [0.2, 0.25) is 0 Å². The van der Waals surface area contributed by atoms with Gasteiger partial charge in [0, 0.05) is 29.0 Å². The molecular weight excluding hydrogens is 488 g/mol. The van der Waals surface area contributed by atoms with E-state index in [0.717, 1.165) is 25.5 Å². The highest BCUT2D eigenvalue weighted by molar-refractivity contribution is 5.92. The molecule has 0 bridgehead atoms. The number of nitrogens with one attached hydrogen (secondary N) is 1. The van der Waals surface area contributed by atoms with Gasteiger partial charge >= 0.3 is 6.18 Å². The molecule has 6 nitrogen and oxygen atoms in total. The van der Waals surface area contributed by atoms with Crippen molar-refractivity contribution in [3.63, 3.8) is 0 Å². The molecule has 1 aliphatic carbocycles. The van der Waals surface area contributed by atoms with Crippen LogP contribution in [-0.4, -0.2) is 48.7 Å². The van der Waals surface area contributed by atoms with Crippen LogP contribution in [0.2, 0.25) is 0 Å². The summed E-state index contributed by atoms with van der Waals surface area (Å²) in [7, 11) is 5.63. The summed E-state index contributed by atoms with van der Waals surface area (Å²) >= 11 is 0. The minimum Gasteiger partial charge on any atom is -0.493 e. The molecule has 1 aromatic heterocycles. The SMILES string of the molecule is COc1cc2nc(C)nc(N[C@H](C)c3cccc(C(F)(F)F)c3F)c2cc1O[C@H](C)C1(CN(C)C)CC1. The molecule has 10 heteroatoms. The molecule has 0 radical (unpaired) electrons. The third-order valence-electron chi connectivity index (χ3n) is 6.94. The Morgan fingerprint density at radius 2 is 1.81 bits per heavy atom. The van der Waals surface area contributed by atoms with Crippen molar-refractivity contribution in [2.75, 3.05) is 33.1 Å². The number of anilines is 1. The van der Waals surface area contributed by atoms with Crippen molar-refractivity contribution in [2.45, 2.75) is 51.9 Å². The predicted octanol–water partition coefficient (Wildman–Crippen LogP) is 6.39. The van der Waals surface area contributed by atoms with Gasteiger partial charge in [-0.3, -0.25) is 0 Å². The Balaban J connectivity index is 1.70. The largest absolute Gasteiger partial charge is 0.493 e. The van der Waals surface area contributed by atoms with E-state index in [2.05, 4.69) is 20.2 Å². The van der Waals surface area contributed by atoms with Crippen LogP contribution in [0.3, 0.4) is 0 Å². The second-order valence-corrected chi connectivity index (χ2v) is 10.1. The van der Waals surface area contributed by atoms with Crippen LogP contribution >= 0.6 is 0 Å². The van der Waals surface area contributed by atoms with Gasteiger partial charge in [-0.25, -0.2) is 14.4 Å². The number of aromatic nitrogens is 2. The average Bonchev–Trinajstić information content (AvgIpc) is 3.58. The summed E-state index contributed by atoms with van der Waals surface area (Å²) in [5.41, 5.74) is -0.789. The highest BCUT2D eigenvalue weighted by Gasteiger charge is 2.49. The minimum absolute atomic E-state index is 0.0594. The summed E-state index contributed by atoms with van der Waals surface area (Å²) in [4.78, 5) is 11.1. The lowest BCUT2D eigenvalue weighted by molar-refractivity contribution is -0.140. The first kappa shape index (κ1) is 26.9. The third-order valence-corrected chi connectivity index (χ3v) is 6.94. The van der Waals surface area contributed by atoms with E-state index in [-0.39, 0.29) is 17.1 Å². The lowest BCUT2D eigenvalue weighted by Crippen LogP contribution is -2.34. The number of benzene rings is 2. The van der Waals surface area contributed by atoms with E-state index in [1.165, 1.54) is 12.1 Å². The molecule has 2 atom stereocenters. The standard InChI is InChI=1S/C27H32F4N4O2/c1-15(18-8-7-9-20(24(18)28)27(29,30)31)32-25-19-12-23(22(36-6)13-21(19)33-17(3)34-25)37-16(2)26(10-11-26)14-35(4)5/h7-9,12-13,15-16H,10-11,14H2,1-6H3,(H,32,33,34)/t15-,16-/m1/s1. The maximum atomic E-state index is 14.8. The van der Waals surface area contributed by atoms with Gasteiger partial charge in [0.15, 0.2) is 11.5 Å². The van der Waals surface area contributed by atoms with Gasteiger partial charge in [0.1, 0.15) is 23.6 Å². The Labute approximate surface area is 214 Å². The van der Waals surface area contributed by atoms with Crippen LogP contribution in [0.5, 0.6) is 11.5 Å². The summed E-state index contributed by atoms with van der Waals surface area (Å²) < 4.78 is 66.5. The molecule has 37 heavy (non-hydrogen) atoms. The second kappa shape index (κ2) is 9.96. The zero-order chi connectivity index (χ0) is 27.1. The van der Waals surface area contributed by atoms with Gasteiger partial charge in [-0.2, -0.15) is 13.2 Å². The summed E-state index contributed by atoms with van der Waals surface area (Å²) in [5.74, 6) is 0.530. The fraction of sp³-hybridized carbons (Fsp3) is 0.481. The fourth-order valence-corrected chi connectivity index (χ4v) is 4.80. The number of alkyl halides is 3. The predicted molar refractivity (Wildman–Crippen MR) is 135 cm³/mol. The quantitative estimate of drug-likeness (QED) is 0.330. The van der Waals surface area contributed by atoms with Gasteiger partial charge in [0.25, 0.3) is 0 Å². The minimum atomic E-state index is -4.79. The van der Waals surface area contributed by atoms with E-state index < -0.39 is 23.6 Å². The number of aryl methyl sites for hydroxylation is 1. The van der Waals surface area contributed by atoms with E-state index in [9.17, 15) is 17.6 Å². The Morgan fingerprint density at radius 1 is 1.11 bits per heavy atom. The highest BCUT2D eigenvalue weighted by atomic mass is 19.4. The van der Waals surface area contributed by atoms with E-state index >= 15 is 0 Å². The van der Waals surface area contributed by atoms with Gasteiger partial charge in [-0.15, -0.1) is 0 Å². The van der Waals surface area contributed by atoms with Crippen molar-refractivity contribution >= 4 is 16.7 Å². The van der Waals surface area contributed by atoms with Crippen LogP contribution in [0.15, 0.2) is 30.3 Å². The molecule has 1 heterocycles. The normalized spacial score (nSPS) is 16.5. The topological polar surface area (TPSA) is 59.5 Å². The Bertz CT molecular complexity index is 1290. The van der Waals surface area contributed by atoms with Crippen LogP contribution < -0.4 is 14.8 Å². The molecule has 0 unspecified atom stereocenters. The molecule has 200 valence electrons. The van der Waals surface area contributed by atoms with Gasteiger partial charge in [-0.05, 0) is 59.8 Å². The van der Waals surface area contributed by atoms with E-state index in [0.29, 0.717) is 34.0 Å². The van der Waals surface area contributed by atoms with Gasteiger partial charge in [0.05, 0.1) is 24.2 Å². The number of hydrogen-bond acceptors (Lipinski definition) is 6. The van der Waals surface area contributed by atoms with Crippen LogP contribution in [-0.2, 0) is 6.18 Å². The molecule has 0 spiro atoms. The first-order valence-corrected chi connectivity index (χ1v) is 12.1. The fourth-order valence-electron chi connectivity index (χ4n) is 4.80. The molecule has 1 saturated carbocycles. The van der Waals surface area contributed by atoms with Crippen molar-refractivity contribution in [1.82, 2.24) is 14.9 Å². The highest BCUT2D eigenvalue weighted by Crippen LogP contribution is 2.51. The first-order valence-electron chi connectivity index (χ1n) is 12.1. The smallest absolute Gasteiger partial charge is 0.419 e. The molecule has 1 N–H and O–H groups in total.